The van der Waals surface area contributed by atoms with Crippen molar-refractivity contribution in [3.63, 3.8) is 0 Å². The molecule has 31 heavy (non-hydrogen) atoms. The highest BCUT2D eigenvalue weighted by Gasteiger charge is 2.18. The van der Waals surface area contributed by atoms with Crippen molar-refractivity contribution in [2.75, 3.05) is 33.4 Å². The maximum atomic E-state index is 12.6. The average molecular weight is 427 g/mol. The number of hydrogen-bond donors (Lipinski definition) is 1. The number of amides is 2. The van der Waals surface area contributed by atoms with Crippen molar-refractivity contribution in [2.45, 2.75) is 32.7 Å². The molecule has 1 N–H and O–H groups in total. The number of hydrogen-bond acceptors (Lipinski definition) is 5. The van der Waals surface area contributed by atoms with E-state index in [1.165, 1.54) is 6.42 Å². The van der Waals surface area contributed by atoms with Gasteiger partial charge in [-0.3, -0.25) is 9.59 Å². The summed E-state index contributed by atoms with van der Waals surface area (Å²) in [6.07, 6.45) is 3.24. The van der Waals surface area contributed by atoms with Gasteiger partial charge < -0.3 is 24.4 Å². The van der Waals surface area contributed by atoms with Gasteiger partial charge in [0.15, 0.2) is 18.1 Å². The summed E-state index contributed by atoms with van der Waals surface area (Å²) in [4.78, 5) is 26.8. The summed E-state index contributed by atoms with van der Waals surface area (Å²) < 4.78 is 16.5. The Kier molecular flexibility index (Phi) is 8.15. The minimum Gasteiger partial charge on any atom is -0.497 e. The number of likely N-dealkylation sites (tertiary alicyclic amines) is 1. The third-order valence-electron chi connectivity index (χ3n) is 5.18. The number of carbonyl (C=O) groups excluding carboxylic acids is 2. The van der Waals surface area contributed by atoms with Crippen LogP contribution in [-0.4, -0.2) is 50.1 Å². The maximum Gasteiger partial charge on any atom is 0.260 e. The van der Waals surface area contributed by atoms with Crippen LogP contribution in [0.2, 0.25) is 0 Å². The largest absolute Gasteiger partial charge is 0.497 e. The van der Waals surface area contributed by atoms with E-state index >= 15 is 0 Å². The van der Waals surface area contributed by atoms with Gasteiger partial charge in [-0.1, -0.05) is 12.1 Å². The van der Waals surface area contributed by atoms with Crippen LogP contribution in [0.15, 0.2) is 42.5 Å². The molecule has 3 rings (SSSR count). The van der Waals surface area contributed by atoms with Gasteiger partial charge in [-0.25, -0.2) is 0 Å². The van der Waals surface area contributed by atoms with Gasteiger partial charge in [-0.15, -0.1) is 0 Å². The zero-order valence-electron chi connectivity index (χ0n) is 18.2. The van der Waals surface area contributed by atoms with Gasteiger partial charge in [0.1, 0.15) is 5.75 Å². The highest BCUT2D eigenvalue weighted by molar-refractivity contribution is 5.94. The van der Waals surface area contributed by atoms with Crippen molar-refractivity contribution in [3.05, 3.63) is 53.6 Å². The fourth-order valence-electron chi connectivity index (χ4n) is 3.44. The highest BCUT2D eigenvalue weighted by atomic mass is 16.5. The van der Waals surface area contributed by atoms with Gasteiger partial charge in [0, 0.05) is 25.2 Å². The fraction of sp³-hybridized carbons (Fsp3) is 0.417. The normalized spacial score (nSPS) is 13.4. The Balaban J connectivity index is 1.60. The lowest BCUT2D eigenvalue weighted by molar-refractivity contribution is -0.134. The Labute approximate surface area is 183 Å². The standard InChI is InChI=1S/C24H30N2O5/c1-3-30-22-15-19(24(28)25-16-18-7-10-20(29-2)11-8-18)9-12-21(22)31-17-23(27)26-13-5-4-6-14-26/h7-12,15H,3-6,13-14,16-17H2,1-2H3,(H,25,28). The van der Waals surface area contributed by atoms with Gasteiger partial charge in [0.2, 0.25) is 0 Å². The lowest BCUT2D eigenvalue weighted by Gasteiger charge is -2.26. The molecule has 0 radical (unpaired) electrons. The summed E-state index contributed by atoms with van der Waals surface area (Å²) in [6, 6.07) is 12.5. The number of benzene rings is 2. The summed E-state index contributed by atoms with van der Waals surface area (Å²) in [5.41, 5.74) is 1.43. The SMILES string of the molecule is CCOc1cc(C(=O)NCc2ccc(OC)cc2)ccc1OCC(=O)N1CCCCC1. The molecule has 2 amide bonds. The van der Waals surface area contributed by atoms with E-state index in [1.807, 2.05) is 36.1 Å². The van der Waals surface area contributed by atoms with Crippen LogP contribution in [-0.2, 0) is 11.3 Å². The molecule has 0 aliphatic carbocycles. The molecule has 7 heteroatoms. The predicted octanol–water partition coefficient (Wildman–Crippen LogP) is 3.42. The Morgan fingerprint density at radius 1 is 0.968 bits per heavy atom. The molecule has 1 aliphatic rings. The monoisotopic (exact) mass is 426 g/mol. The van der Waals surface area contributed by atoms with Crippen LogP contribution in [0.3, 0.4) is 0 Å². The third-order valence-corrected chi connectivity index (χ3v) is 5.18. The molecule has 7 nitrogen and oxygen atoms in total. The highest BCUT2D eigenvalue weighted by Crippen LogP contribution is 2.29. The van der Waals surface area contributed by atoms with E-state index in [0.717, 1.165) is 37.2 Å². The predicted molar refractivity (Wildman–Crippen MR) is 118 cm³/mol. The Bertz CT molecular complexity index is 876. The van der Waals surface area contributed by atoms with E-state index in [1.54, 1.807) is 25.3 Å². The minimum absolute atomic E-state index is 0.0246. The number of carbonyl (C=O) groups is 2. The first-order valence-corrected chi connectivity index (χ1v) is 10.7. The molecule has 0 bridgehead atoms. The second kappa shape index (κ2) is 11.2. The molecular weight excluding hydrogens is 396 g/mol. The van der Waals surface area contributed by atoms with Crippen LogP contribution < -0.4 is 19.5 Å². The molecule has 166 valence electrons. The third kappa shape index (κ3) is 6.38. The molecule has 0 spiro atoms. The molecule has 2 aromatic carbocycles. The van der Waals surface area contributed by atoms with Gasteiger partial charge in [-0.2, -0.15) is 0 Å². The first-order chi connectivity index (χ1) is 15.1. The Hall–Kier alpha value is -3.22. The van der Waals surface area contributed by atoms with Crippen molar-refractivity contribution in [1.29, 1.82) is 0 Å². The van der Waals surface area contributed by atoms with Crippen LogP contribution in [0.1, 0.15) is 42.1 Å². The van der Waals surface area contributed by atoms with Crippen LogP contribution in [0.5, 0.6) is 17.2 Å². The van der Waals surface area contributed by atoms with Crippen molar-refractivity contribution in [3.8, 4) is 17.2 Å². The van der Waals surface area contributed by atoms with Crippen LogP contribution in [0.25, 0.3) is 0 Å². The molecule has 1 heterocycles. The van der Waals surface area contributed by atoms with Crippen LogP contribution in [0.4, 0.5) is 0 Å². The van der Waals surface area contributed by atoms with Gasteiger partial charge in [-0.05, 0) is 62.1 Å². The van der Waals surface area contributed by atoms with Crippen LogP contribution in [0, 0.1) is 0 Å². The molecule has 1 aliphatic heterocycles. The summed E-state index contributed by atoms with van der Waals surface area (Å²) in [6.45, 7) is 4.21. The van der Waals surface area contributed by atoms with Crippen LogP contribution >= 0.6 is 0 Å². The van der Waals surface area contributed by atoms with E-state index in [0.29, 0.717) is 30.2 Å². The second-order valence-corrected chi connectivity index (χ2v) is 7.36. The Morgan fingerprint density at radius 2 is 1.71 bits per heavy atom. The van der Waals surface area contributed by atoms with Gasteiger partial charge >= 0.3 is 0 Å². The lowest BCUT2D eigenvalue weighted by atomic mass is 10.1. The van der Waals surface area contributed by atoms with E-state index in [9.17, 15) is 9.59 Å². The van der Waals surface area contributed by atoms with Gasteiger partial charge in [0.25, 0.3) is 11.8 Å². The zero-order valence-corrected chi connectivity index (χ0v) is 18.2. The molecule has 0 unspecified atom stereocenters. The molecule has 2 aromatic rings. The number of nitrogens with zero attached hydrogens (tertiary/aromatic N) is 1. The van der Waals surface area contributed by atoms with E-state index in [2.05, 4.69) is 5.32 Å². The second-order valence-electron chi connectivity index (χ2n) is 7.36. The summed E-state index contributed by atoms with van der Waals surface area (Å²) >= 11 is 0. The topological polar surface area (TPSA) is 77.1 Å². The average Bonchev–Trinajstić information content (AvgIpc) is 2.82. The number of ether oxygens (including phenoxy) is 3. The summed E-state index contributed by atoms with van der Waals surface area (Å²) in [5, 5.41) is 2.90. The minimum atomic E-state index is -0.215. The lowest BCUT2D eigenvalue weighted by Crippen LogP contribution is -2.38. The van der Waals surface area contributed by atoms with E-state index in [-0.39, 0.29) is 18.4 Å². The number of methoxy groups -OCH3 is 1. The first kappa shape index (κ1) is 22.5. The summed E-state index contributed by atoms with van der Waals surface area (Å²) in [5.74, 6) is 1.44. The Morgan fingerprint density at radius 3 is 2.39 bits per heavy atom. The quantitative estimate of drug-likeness (QED) is 0.665. The molecule has 0 aromatic heterocycles. The van der Waals surface area contributed by atoms with Crippen molar-refractivity contribution >= 4 is 11.8 Å². The molecule has 1 fully saturated rings. The number of nitrogens with one attached hydrogen (secondary N) is 1. The van der Waals surface area contributed by atoms with E-state index < -0.39 is 0 Å². The zero-order chi connectivity index (χ0) is 22.1. The van der Waals surface area contributed by atoms with Crippen molar-refractivity contribution in [1.82, 2.24) is 10.2 Å². The number of piperidine rings is 1. The van der Waals surface area contributed by atoms with Gasteiger partial charge in [0.05, 0.1) is 13.7 Å². The van der Waals surface area contributed by atoms with Crippen molar-refractivity contribution < 1.29 is 23.8 Å². The molecule has 0 saturated carbocycles. The smallest absolute Gasteiger partial charge is 0.260 e. The summed E-state index contributed by atoms with van der Waals surface area (Å²) in [7, 11) is 1.61. The number of rotatable bonds is 9. The maximum absolute atomic E-state index is 12.6. The first-order valence-electron chi connectivity index (χ1n) is 10.7. The van der Waals surface area contributed by atoms with Crippen molar-refractivity contribution in [2.24, 2.45) is 0 Å². The fourth-order valence-corrected chi connectivity index (χ4v) is 3.44. The molecular formula is C24H30N2O5. The molecule has 0 atom stereocenters. The van der Waals surface area contributed by atoms with E-state index in [4.69, 9.17) is 14.2 Å². The molecule has 1 saturated heterocycles.